The van der Waals surface area contributed by atoms with Crippen LogP contribution in [0.4, 0.5) is 4.39 Å². The Morgan fingerprint density at radius 2 is 2.13 bits per heavy atom. The van der Waals surface area contributed by atoms with Gasteiger partial charge in [0.2, 0.25) is 0 Å². The molecule has 0 aliphatic heterocycles. The smallest absolute Gasteiger partial charge is 0.142 e. The second-order valence-corrected chi connectivity index (χ2v) is 4.04. The van der Waals surface area contributed by atoms with Crippen molar-refractivity contribution < 1.29 is 9.18 Å². The lowest BCUT2D eigenvalue weighted by Crippen LogP contribution is -2.03. The first-order valence-electron chi connectivity index (χ1n) is 4.65. The van der Waals surface area contributed by atoms with Crippen molar-refractivity contribution in [2.45, 2.75) is 19.3 Å². The first-order valence-corrected chi connectivity index (χ1v) is 5.56. The summed E-state index contributed by atoms with van der Waals surface area (Å²) in [6.45, 7) is 0. The number of hydrogen-bond donors (Lipinski definition) is 0. The van der Waals surface area contributed by atoms with Crippen LogP contribution in [-0.2, 0) is 11.2 Å². The second kappa shape index (κ2) is 6.09. The van der Waals surface area contributed by atoms with Gasteiger partial charge in [-0.2, -0.15) is 0 Å². The monoisotopic (exact) mass is 248 g/mol. The topological polar surface area (TPSA) is 17.1 Å². The van der Waals surface area contributed by atoms with Crippen LogP contribution in [-0.4, -0.2) is 11.7 Å². The molecule has 0 aliphatic rings. The molecule has 1 aromatic rings. The van der Waals surface area contributed by atoms with Crippen LogP contribution in [0.3, 0.4) is 0 Å². The largest absolute Gasteiger partial charge is 0.299 e. The molecule has 1 aromatic carbocycles. The summed E-state index contributed by atoms with van der Waals surface area (Å²) in [6.07, 6.45) is 1.34. The fraction of sp³-hybridized carbons (Fsp3) is 0.364. The van der Waals surface area contributed by atoms with Gasteiger partial charge in [0, 0.05) is 18.7 Å². The van der Waals surface area contributed by atoms with E-state index in [1.807, 2.05) is 0 Å². The van der Waals surface area contributed by atoms with E-state index in [4.69, 9.17) is 23.2 Å². The van der Waals surface area contributed by atoms with Crippen LogP contribution in [0.1, 0.15) is 18.4 Å². The van der Waals surface area contributed by atoms with Gasteiger partial charge in [-0.1, -0.05) is 17.7 Å². The Labute approximate surface area is 98.2 Å². The van der Waals surface area contributed by atoms with E-state index in [2.05, 4.69) is 0 Å². The summed E-state index contributed by atoms with van der Waals surface area (Å²) in [5, 5.41) is 0.0759. The van der Waals surface area contributed by atoms with Crippen LogP contribution in [0.2, 0.25) is 5.02 Å². The fourth-order valence-corrected chi connectivity index (χ4v) is 1.48. The highest BCUT2D eigenvalue weighted by Gasteiger charge is 2.06. The quantitative estimate of drug-likeness (QED) is 0.728. The minimum Gasteiger partial charge on any atom is -0.299 e. The third-order valence-electron chi connectivity index (χ3n) is 1.97. The normalized spacial score (nSPS) is 10.3. The molecule has 82 valence electrons. The third kappa shape index (κ3) is 4.18. The minimum absolute atomic E-state index is 0.0670. The zero-order chi connectivity index (χ0) is 11.3. The number of halogens is 3. The molecule has 4 heteroatoms. The van der Waals surface area contributed by atoms with Crippen molar-refractivity contribution >= 4 is 29.0 Å². The van der Waals surface area contributed by atoms with Gasteiger partial charge in [0.25, 0.3) is 0 Å². The first kappa shape index (κ1) is 12.5. The van der Waals surface area contributed by atoms with Gasteiger partial charge in [-0.15, -0.1) is 11.6 Å². The third-order valence-corrected chi connectivity index (χ3v) is 2.55. The molecule has 0 saturated carbocycles. The molecular formula is C11H11Cl2FO. The maximum Gasteiger partial charge on any atom is 0.142 e. The lowest BCUT2D eigenvalue weighted by molar-refractivity contribution is -0.118. The molecule has 15 heavy (non-hydrogen) atoms. The van der Waals surface area contributed by atoms with E-state index in [1.54, 1.807) is 6.07 Å². The van der Waals surface area contributed by atoms with Crippen molar-refractivity contribution in [3.63, 3.8) is 0 Å². The maximum atomic E-state index is 13.0. The number of rotatable bonds is 5. The van der Waals surface area contributed by atoms with Crippen molar-refractivity contribution in [3.05, 3.63) is 34.6 Å². The molecule has 0 heterocycles. The van der Waals surface area contributed by atoms with E-state index >= 15 is 0 Å². The molecule has 1 nitrogen and oxygen atoms in total. The molecule has 0 fully saturated rings. The molecule has 0 aliphatic carbocycles. The number of ketones is 1. The highest BCUT2D eigenvalue weighted by Crippen LogP contribution is 2.16. The minimum atomic E-state index is -0.487. The molecule has 0 unspecified atom stereocenters. The number of Topliss-reactive ketones (excluding diaryl/α,β-unsaturated/α-hetero) is 1. The van der Waals surface area contributed by atoms with Gasteiger partial charge in [0.05, 0.1) is 5.02 Å². The average Bonchev–Trinajstić information content (AvgIpc) is 2.20. The SMILES string of the molecule is O=C(CCCCl)Cc1ccc(Cl)c(F)c1. The number of benzene rings is 1. The highest BCUT2D eigenvalue weighted by molar-refractivity contribution is 6.30. The summed E-state index contributed by atoms with van der Waals surface area (Å²) in [7, 11) is 0. The fourth-order valence-electron chi connectivity index (χ4n) is 1.23. The summed E-state index contributed by atoms with van der Waals surface area (Å²) in [6, 6.07) is 4.41. The van der Waals surface area contributed by atoms with Gasteiger partial charge in [0.1, 0.15) is 11.6 Å². The van der Waals surface area contributed by atoms with Gasteiger partial charge < -0.3 is 0 Å². The molecule has 0 radical (unpaired) electrons. The molecule has 0 spiro atoms. The number of carbonyl (C=O) groups is 1. The lowest BCUT2D eigenvalue weighted by atomic mass is 10.1. The predicted molar refractivity (Wildman–Crippen MR) is 60.1 cm³/mol. The standard InChI is InChI=1S/C11H11Cl2FO/c12-5-1-2-9(15)6-8-3-4-10(13)11(14)7-8/h3-4,7H,1-2,5-6H2. The Hall–Kier alpha value is -0.600. The van der Waals surface area contributed by atoms with E-state index in [9.17, 15) is 9.18 Å². The molecule has 0 amide bonds. The van der Waals surface area contributed by atoms with Gasteiger partial charge >= 0.3 is 0 Å². The van der Waals surface area contributed by atoms with Crippen LogP contribution in [0, 0.1) is 5.82 Å². The van der Waals surface area contributed by atoms with Crippen LogP contribution >= 0.6 is 23.2 Å². The Morgan fingerprint density at radius 1 is 1.40 bits per heavy atom. The molecule has 0 bridgehead atoms. The molecule has 0 aromatic heterocycles. The first-order chi connectivity index (χ1) is 7.13. The van der Waals surface area contributed by atoms with Crippen molar-refractivity contribution in [3.8, 4) is 0 Å². The molecule has 0 saturated heterocycles. The summed E-state index contributed by atoms with van der Waals surface area (Å²) in [5.74, 6) is 0.0532. The Bertz CT molecular complexity index is 352. The molecule has 0 N–H and O–H groups in total. The highest BCUT2D eigenvalue weighted by atomic mass is 35.5. The van der Waals surface area contributed by atoms with E-state index in [0.29, 0.717) is 24.3 Å². The van der Waals surface area contributed by atoms with Crippen molar-refractivity contribution in [1.82, 2.24) is 0 Å². The van der Waals surface area contributed by atoms with Crippen LogP contribution in [0.15, 0.2) is 18.2 Å². The second-order valence-electron chi connectivity index (χ2n) is 3.26. The van der Waals surface area contributed by atoms with Gasteiger partial charge in [-0.25, -0.2) is 4.39 Å². The van der Waals surface area contributed by atoms with Gasteiger partial charge in [-0.3, -0.25) is 4.79 Å². The van der Waals surface area contributed by atoms with E-state index in [1.165, 1.54) is 12.1 Å². The zero-order valence-electron chi connectivity index (χ0n) is 8.10. The summed E-state index contributed by atoms with van der Waals surface area (Å²) < 4.78 is 13.0. The Kier molecular flexibility index (Phi) is 5.06. The van der Waals surface area contributed by atoms with Crippen LogP contribution in [0.25, 0.3) is 0 Å². The van der Waals surface area contributed by atoms with Crippen LogP contribution < -0.4 is 0 Å². The number of hydrogen-bond acceptors (Lipinski definition) is 1. The van der Waals surface area contributed by atoms with Crippen molar-refractivity contribution in [2.24, 2.45) is 0 Å². The molecule has 0 atom stereocenters. The average molecular weight is 249 g/mol. The Balaban J connectivity index is 2.57. The molecular weight excluding hydrogens is 238 g/mol. The predicted octanol–water partition coefficient (Wildman–Crippen LogP) is 3.61. The summed E-state index contributed by atoms with van der Waals surface area (Å²) in [5.41, 5.74) is 0.650. The zero-order valence-corrected chi connectivity index (χ0v) is 9.61. The molecule has 1 rings (SSSR count). The van der Waals surface area contributed by atoms with E-state index in [0.717, 1.165) is 0 Å². The Morgan fingerprint density at radius 3 is 2.73 bits per heavy atom. The van der Waals surface area contributed by atoms with Crippen molar-refractivity contribution in [2.75, 3.05) is 5.88 Å². The lowest BCUT2D eigenvalue weighted by Gasteiger charge is -2.01. The number of alkyl halides is 1. The maximum absolute atomic E-state index is 13.0. The van der Waals surface area contributed by atoms with E-state index < -0.39 is 5.82 Å². The van der Waals surface area contributed by atoms with Crippen LogP contribution in [0.5, 0.6) is 0 Å². The summed E-state index contributed by atoms with van der Waals surface area (Å²) >= 11 is 11.0. The van der Waals surface area contributed by atoms with E-state index in [-0.39, 0.29) is 17.2 Å². The number of carbonyl (C=O) groups excluding carboxylic acids is 1. The van der Waals surface area contributed by atoms with Crippen molar-refractivity contribution in [1.29, 1.82) is 0 Å². The van der Waals surface area contributed by atoms with Gasteiger partial charge in [0.15, 0.2) is 0 Å². The van der Waals surface area contributed by atoms with Gasteiger partial charge in [-0.05, 0) is 24.1 Å². The summed E-state index contributed by atoms with van der Waals surface area (Å²) in [4.78, 5) is 11.4.